The first-order chi connectivity index (χ1) is 10.0. The Bertz CT molecular complexity index is 704. The molecule has 0 aliphatic heterocycles. The molecule has 2 rings (SSSR count). The molecule has 1 heterocycles. The van der Waals surface area contributed by atoms with Gasteiger partial charge < -0.3 is 9.72 Å². The summed E-state index contributed by atoms with van der Waals surface area (Å²) in [6.45, 7) is 3.75. The lowest BCUT2D eigenvalue weighted by Gasteiger charge is -2.08. The van der Waals surface area contributed by atoms with Crippen molar-refractivity contribution in [3.63, 3.8) is 0 Å². The predicted octanol–water partition coefficient (Wildman–Crippen LogP) is 3.21. The van der Waals surface area contributed by atoms with Crippen LogP contribution in [-0.4, -0.2) is 17.6 Å². The lowest BCUT2D eigenvalue weighted by Crippen LogP contribution is -2.19. The van der Waals surface area contributed by atoms with Crippen LogP contribution in [0.15, 0.2) is 39.6 Å². The summed E-state index contributed by atoms with van der Waals surface area (Å²) >= 11 is 3.37. The molecule has 2 aromatic rings. The van der Waals surface area contributed by atoms with Gasteiger partial charge in [0.05, 0.1) is 12.2 Å². The second-order valence-electron chi connectivity index (χ2n) is 4.69. The molecule has 0 aliphatic carbocycles. The van der Waals surface area contributed by atoms with E-state index in [1.807, 2.05) is 24.3 Å². The monoisotopic (exact) mass is 349 g/mol. The van der Waals surface area contributed by atoms with Crippen LogP contribution < -0.4 is 5.56 Å². The highest BCUT2D eigenvalue weighted by Crippen LogP contribution is 2.14. The van der Waals surface area contributed by atoms with E-state index in [1.54, 1.807) is 19.9 Å². The van der Waals surface area contributed by atoms with E-state index >= 15 is 0 Å². The maximum absolute atomic E-state index is 12.0. The van der Waals surface area contributed by atoms with Crippen LogP contribution >= 0.6 is 15.9 Å². The number of hydrogen-bond donors (Lipinski definition) is 1. The Morgan fingerprint density at radius 3 is 2.57 bits per heavy atom. The number of rotatable bonds is 4. The summed E-state index contributed by atoms with van der Waals surface area (Å²) in [6.07, 6.45) is 0.468. The summed E-state index contributed by atoms with van der Waals surface area (Å²) in [6, 6.07) is 9.34. The average molecular weight is 350 g/mol. The van der Waals surface area contributed by atoms with Gasteiger partial charge in [0, 0.05) is 22.2 Å². The average Bonchev–Trinajstić information content (AvgIpc) is 2.44. The van der Waals surface area contributed by atoms with Gasteiger partial charge in [0.1, 0.15) is 0 Å². The largest absolute Gasteiger partial charge is 0.462 e. The summed E-state index contributed by atoms with van der Waals surface area (Å²) in [5.41, 5.74) is 2.30. The third kappa shape index (κ3) is 3.82. The van der Waals surface area contributed by atoms with Crippen molar-refractivity contribution in [1.29, 1.82) is 0 Å². The molecule has 0 saturated heterocycles. The molecular weight excluding hydrogens is 334 g/mol. The number of aryl methyl sites for hydroxylation is 1. The summed E-state index contributed by atoms with van der Waals surface area (Å²) < 4.78 is 5.99. The number of hydrogen-bond acceptors (Lipinski definition) is 3. The Morgan fingerprint density at radius 1 is 1.29 bits per heavy atom. The maximum atomic E-state index is 12.0. The zero-order chi connectivity index (χ0) is 15.4. The zero-order valence-electron chi connectivity index (χ0n) is 11.9. The minimum absolute atomic E-state index is 0.177. The summed E-state index contributed by atoms with van der Waals surface area (Å²) in [5, 5.41) is 0. The molecule has 5 heteroatoms. The van der Waals surface area contributed by atoms with E-state index in [-0.39, 0.29) is 5.56 Å². The van der Waals surface area contributed by atoms with Crippen molar-refractivity contribution in [3.05, 3.63) is 67.5 Å². The smallest absolute Gasteiger partial charge is 0.339 e. The van der Waals surface area contributed by atoms with Crippen LogP contribution in [0.4, 0.5) is 0 Å². The Hall–Kier alpha value is -1.88. The van der Waals surface area contributed by atoms with E-state index in [0.29, 0.717) is 29.8 Å². The molecule has 21 heavy (non-hydrogen) atoms. The minimum Gasteiger partial charge on any atom is -0.462 e. The van der Waals surface area contributed by atoms with E-state index in [0.717, 1.165) is 10.0 Å². The molecule has 0 bridgehead atoms. The van der Waals surface area contributed by atoms with E-state index in [2.05, 4.69) is 20.9 Å². The number of ether oxygens (including phenoxy) is 1. The molecule has 1 aromatic heterocycles. The second-order valence-corrected chi connectivity index (χ2v) is 5.60. The van der Waals surface area contributed by atoms with E-state index < -0.39 is 5.97 Å². The number of benzene rings is 1. The third-order valence-corrected chi connectivity index (χ3v) is 3.65. The quantitative estimate of drug-likeness (QED) is 0.862. The number of esters is 1. The molecule has 0 unspecified atom stereocenters. The van der Waals surface area contributed by atoms with Gasteiger partial charge in [-0.3, -0.25) is 4.79 Å². The van der Waals surface area contributed by atoms with Crippen LogP contribution in [-0.2, 0) is 11.2 Å². The van der Waals surface area contributed by atoms with Crippen molar-refractivity contribution >= 4 is 21.9 Å². The van der Waals surface area contributed by atoms with Crippen molar-refractivity contribution in [2.24, 2.45) is 0 Å². The van der Waals surface area contributed by atoms with Crippen LogP contribution in [0.25, 0.3) is 0 Å². The van der Waals surface area contributed by atoms with Gasteiger partial charge in [-0.2, -0.15) is 0 Å². The molecule has 0 spiro atoms. The number of halogens is 1. The summed E-state index contributed by atoms with van der Waals surface area (Å²) in [5.74, 6) is -0.414. The molecule has 1 aromatic carbocycles. The fraction of sp³-hybridized carbons (Fsp3) is 0.250. The van der Waals surface area contributed by atoms with Crippen LogP contribution in [0.5, 0.6) is 0 Å². The van der Waals surface area contributed by atoms with Gasteiger partial charge in [-0.25, -0.2) is 4.79 Å². The fourth-order valence-corrected chi connectivity index (χ4v) is 2.30. The van der Waals surface area contributed by atoms with Crippen LogP contribution in [0.3, 0.4) is 0 Å². The van der Waals surface area contributed by atoms with Crippen molar-refractivity contribution in [2.75, 3.05) is 6.61 Å². The SMILES string of the molecule is CCOC(=O)c1cc(Cc2ccc(Br)cc2)c(=O)[nH]c1C. The van der Waals surface area contributed by atoms with Gasteiger partial charge in [-0.1, -0.05) is 28.1 Å². The molecule has 110 valence electrons. The molecule has 0 fully saturated rings. The Morgan fingerprint density at radius 2 is 1.95 bits per heavy atom. The summed E-state index contributed by atoms with van der Waals surface area (Å²) in [4.78, 5) is 26.6. The number of H-pyrrole nitrogens is 1. The van der Waals surface area contributed by atoms with Crippen LogP contribution in [0, 0.1) is 6.92 Å². The van der Waals surface area contributed by atoms with Crippen molar-refractivity contribution < 1.29 is 9.53 Å². The predicted molar refractivity (Wildman–Crippen MR) is 84.7 cm³/mol. The fourth-order valence-electron chi connectivity index (χ4n) is 2.04. The Labute approximate surface area is 131 Å². The Kier molecular flexibility index (Phi) is 4.96. The third-order valence-electron chi connectivity index (χ3n) is 3.12. The topological polar surface area (TPSA) is 59.2 Å². The maximum Gasteiger partial charge on any atom is 0.339 e. The molecule has 4 nitrogen and oxygen atoms in total. The normalized spacial score (nSPS) is 10.4. The number of pyridine rings is 1. The molecule has 0 saturated carbocycles. The van der Waals surface area contributed by atoms with Crippen molar-refractivity contribution in [3.8, 4) is 0 Å². The molecule has 0 amide bonds. The molecule has 0 aliphatic rings. The van der Waals surface area contributed by atoms with Crippen LogP contribution in [0.1, 0.15) is 34.1 Å². The van der Waals surface area contributed by atoms with Gasteiger partial charge in [0.2, 0.25) is 0 Å². The number of carbonyl (C=O) groups is 1. The van der Waals surface area contributed by atoms with Crippen molar-refractivity contribution in [1.82, 2.24) is 4.98 Å². The summed E-state index contributed by atoms with van der Waals surface area (Å²) in [7, 11) is 0. The minimum atomic E-state index is -0.414. The second kappa shape index (κ2) is 6.72. The molecule has 0 radical (unpaired) electrons. The first kappa shape index (κ1) is 15.5. The van der Waals surface area contributed by atoms with Gasteiger partial charge in [-0.15, -0.1) is 0 Å². The standard InChI is InChI=1S/C16H16BrNO3/c1-3-21-16(20)14-9-12(15(19)18-10(14)2)8-11-4-6-13(17)7-5-11/h4-7,9H,3,8H2,1-2H3,(H,18,19). The lowest BCUT2D eigenvalue weighted by atomic mass is 10.0. The van der Waals surface area contributed by atoms with E-state index in [1.165, 1.54) is 0 Å². The highest BCUT2D eigenvalue weighted by Gasteiger charge is 2.14. The van der Waals surface area contributed by atoms with E-state index in [4.69, 9.17) is 4.74 Å². The number of nitrogens with one attached hydrogen (secondary N) is 1. The van der Waals surface area contributed by atoms with Gasteiger partial charge in [0.15, 0.2) is 0 Å². The highest BCUT2D eigenvalue weighted by molar-refractivity contribution is 9.10. The van der Waals surface area contributed by atoms with Gasteiger partial charge in [-0.05, 0) is 37.6 Å². The Balaban J connectivity index is 2.35. The first-order valence-electron chi connectivity index (χ1n) is 6.65. The molecule has 1 N–H and O–H groups in total. The number of carbonyl (C=O) groups excluding carboxylic acids is 1. The zero-order valence-corrected chi connectivity index (χ0v) is 13.5. The van der Waals surface area contributed by atoms with Gasteiger partial charge in [0.25, 0.3) is 5.56 Å². The lowest BCUT2D eigenvalue weighted by molar-refractivity contribution is 0.0524. The van der Waals surface area contributed by atoms with Crippen molar-refractivity contribution in [2.45, 2.75) is 20.3 Å². The first-order valence-corrected chi connectivity index (χ1v) is 7.45. The highest BCUT2D eigenvalue weighted by atomic mass is 79.9. The number of aromatic amines is 1. The van der Waals surface area contributed by atoms with Gasteiger partial charge >= 0.3 is 5.97 Å². The number of aromatic nitrogens is 1. The molecular formula is C16H16BrNO3. The van der Waals surface area contributed by atoms with E-state index in [9.17, 15) is 9.59 Å². The van der Waals surface area contributed by atoms with Crippen LogP contribution in [0.2, 0.25) is 0 Å². The molecule has 0 atom stereocenters.